The molecule has 0 unspecified atom stereocenters. The molecule has 2 aromatic heterocycles. The molecule has 12 heteroatoms. The molecule has 9 nitrogen and oxygen atoms in total. The van der Waals surface area contributed by atoms with Gasteiger partial charge in [-0.05, 0) is 62.4 Å². The number of hydrogen-bond donors (Lipinski definition) is 1. The number of benzene rings is 1. The van der Waals surface area contributed by atoms with Crippen LogP contribution in [0, 0.1) is 0 Å². The van der Waals surface area contributed by atoms with Crippen molar-refractivity contribution < 1.29 is 27.2 Å². The summed E-state index contributed by atoms with van der Waals surface area (Å²) in [7, 11) is -4.21. The van der Waals surface area contributed by atoms with Gasteiger partial charge in [0.1, 0.15) is 10.8 Å². The zero-order valence-electron chi connectivity index (χ0n) is 17.6. The zero-order valence-corrected chi connectivity index (χ0v) is 20.0. The van der Waals surface area contributed by atoms with E-state index in [1.54, 1.807) is 31.2 Å². The number of thiophene rings is 1. The predicted molar refractivity (Wildman–Crippen MR) is 122 cm³/mol. The molecular weight excluding hydrogens is 490 g/mol. The minimum atomic E-state index is -4.21. The lowest BCUT2D eigenvalue weighted by Gasteiger charge is -2.12. The van der Waals surface area contributed by atoms with E-state index >= 15 is 0 Å². The average molecular weight is 510 g/mol. The Bertz CT molecular complexity index is 1300. The fourth-order valence-corrected chi connectivity index (χ4v) is 5.85. The monoisotopic (exact) mass is 509 g/mol. The molecular formula is C21H20ClN3O6S2. The van der Waals surface area contributed by atoms with Crippen LogP contribution in [0.15, 0.2) is 33.9 Å². The van der Waals surface area contributed by atoms with Crippen molar-refractivity contribution in [1.29, 1.82) is 0 Å². The van der Waals surface area contributed by atoms with Crippen LogP contribution in [-0.4, -0.2) is 42.9 Å². The van der Waals surface area contributed by atoms with Gasteiger partial charge in [0.15, 0.2) is 0 Å². The third-order valence-corrected chi connectivity index (χ3v) is 7.79. The molecule has 2 heterocycles. The number of nitrogens with zero attached hydrogens (tertiary/aromatic N) is 2. The van der Waals surface area contributed by atoms with Crippen molar-refractivity contribution in [3.05, 3.63) is 45.3 Å². The fraction of sp³-hybridized carbons (Fsp3) is 0.333. The molecule has 0 saturated carbocycles. The van der Waals surface area contributed by atoms with Crippen LogP contribution in [0.25, 0.3) is 11.5 Å². The van der Waals surface area contributed by atoms with E-state index in [0.717, 1.165) is 29.7 Å². The Morgan fingerprint density at radius 1 is 1.18 bits per heavy atom. The Morgan fingerprint density at radius 2 is 1.91 bits per heavy atom. The number of anilines is 1. The molecule has 3 aromatic rings. The maximum atomic E-state index is 12.7. The minimum absolute atomic E-state index is 0.0128. The lowest BCUT2D eigenvalue weighted by atomic mass is 9.95. The first kappa shape index (κ1) is 23.4. The summed E-state index contributed by atoms with van der Waals surface area (Å²) in [5.74, 6) is -2.27. The third-order valence-electron chi connectivity index (χ3n) is 4.99. The minimum Gasteiger partial charge on any atom is -0.462 e. The van der Waals surface area contributed by atoms with Crippen molar-refractivity contribution in [2.45, 2.75) is 37.8 Å². The molecule has 174 valence electrons. The van der Waals surface area contributed by atoms with E-state index < -0.39 is 32.7 Å². The van der Waals surface area contributed by atoms with Gasteiger partial charge in [0.2, 0.25) is 21.6 Å². The summed E-state index contributed by atoms with van der Waals surface area (Å²) < 4.78 is 35.8. The van der Waals surface area contributed by atoms with Gasteiger partial charge in [0.05, 0.1) is 12.2 Å². The van der Waals surface area contributed by atoms with E-state index in [9.17, 15) is 18.0 Å². The third kappa shape index (κ3) is 5.10. The molecule has 0 fully saturated rings. The van der Waals surface area contributed by atoms with Crippen LogP contribution in [0.2, 0.25) is 5.02 Å². The Labute approximate surface area is 199 Å². The number of amides is 1. The Balaban J connectivity index is 1.52. The summed E-state index contributed by atoms with van der Waals surface area (Å²) in [6.07, 6.45) is 3.44. The number of aryl methyl sites for hydroxylation is 1. The molecule has 0 aliphatic heterocycles. The van der Waals surface area contributed by atoms with Crippen LogP contribution in [0.3, 0.4) is 0 Å². The van der Waals surface area contributed by atoms with Crippen molar-refractivity contribution in [2.75, 3.05) is 17.7 Å². The molecule has 0 radical (unpaired) electrons. The molecule has 0 saturated heterocycles. The highest BCUT2D eigenvalue weighted by Gasteiger charge is 2.30. The molecule has 1 aliphatic carbocycles. The van der Waals surface area contributed by atoms with Gasteiger partial charge in [-0.2, -0.15) is 0 Å². The predicted octanol–water partition coefficient (Wildman–Crippen LogP) is 3.92. The van der Waals surface area contributed by atoms with Crippen LogP contribution in [-0.2, 0) is 32.2 Å². The molecule has 4 rings (SSSR count). The lowest BCUT2D eigenvalue weighted by molar-refractivity contribution is -0.113. The Morgan fingerprint density at radius 3 is 2.64 bits per heavy atom. The van der Waals surface area contributed by atoms with Gasteiger partial charge in [-0.25, -0.2) is 13.2 Å². The SMILES string of the molecule is CCOC(=O)c1c(NC(=O)CS(=O)(=O)c2nnc(-c3ccc(Cl)cc3)o2)sc2c1CCCC2. The maximum Gasteiger partial charge on any atom is 0.341 e. The first-order valence-corrected chi connectivity index (χ1v) is 13.1. The van der Waals surface area contributed by atoms with Gasteiger partial charge in [-0.3, -0.25) is 4.79 Å². The Hall–Kier alpha value is -2.76. The number of ether oxygens (including phenoxy) is 1. The van der Waals surface area contributed by atoms with E-state index in [1.807, 2.05) is 0 Å². The number of rotatable bonds is 7. The number of halogens is 1. The average Bonchev–Trinajstić information content (AvgIpc) is 3.39. The fourth-order valence-electron chi connectivity index (χ4n) is 3.51. The van der Waals surface area contributed by atoms with E-state index in [4.69, 9.17) is 20.8 Å². The second kappa shape index (κ2) is 9.62. The molecule has 0 spiro atoms. The number of esters is 1. The summed E-state index contributed by atoms with van der Waals surface area (Å²) in [6, 6.07) is 6.41. The molecule has 0 bridgehead atoms. The van der Waals surface area contributed by atoms with Gasteiger partial charge in [0, 0.05) is 15.5 Å². The van der Waals surface area contributed by atoms with E-state index in [2.05, 4.69) is 15.5 Å². The number of carbonyl (C=O) groups excluding carboxylic acids is 2. The van der Waals surface area contributed by atoms with Crippen molar-refractivity contribution in [1.82, 2.24) is 10.2 Å². The van der Waals surface area contributed by atoms with Gasteiger partial charge >= 0.3 is 11.2 Å². The highest BCUT2D eigenvalue weighted by atomic mass is 35.5. The standard InChI is InChI=1S/C21H20ClN3O6S2/c1-2-30-20(27)17-14-5-3-4-6-15(14)32-19(17)23-16(26)11-33(28,29)21-25-24-18(31-21)12-7-9-13(22)10-8-12/h7-10H,2-6,11H2,1H3,(H,23,26). The quantitative estimate of drug-likeness (QED) is 0.474. The van der Waals surface area contributed by atoms with Gasteiger partial charge in [-0.15, -0.1) is 16.4 Å². The largest absolute Gasteiger partial charge is 0.462 e. The number of sulfone groups is 1. The molecule has 1 N–H and O–H groups in total. The summed E-state index contributed by atoms with van der Waals surface area (Å²) in [5, 5.41) is 10.0. The first-order valence-electron chi connectivity index (χ1n) is 10.2. The van der Waals surface area contributed by atoms with Gasteiger partial charge in [-0.1, -0.05) is 16.7 Å². The topological polar surface area (TPSA) is 128 Å². The molecule has 33 heavy (non-hydrogen) atoms. The van der Waals surface area contributed by atoms with E-state index in [1.165, 1.54) is 11.3 Å². The van der Waals surface area contributed by atoms with Crippen molar-refractivity contribution in [2.24, 2.45) is 0 Å². The highest BCUT2D eigenvalue weighted by Crippen LogP contribution is 2.38. The van der Waals surface area contributed by atoms with Crippen molar-refractivity contribution in [3.63, 3.8) is 0 Å². The summed E-state index contributed by atoms with van der Waals surface area (Å²) in [5.41, 5.74) is 1.67. The summed E-state index contributed by atoms with van der Waals surface area (Å²) in [4.78, 5) is 26.1. The van der Waals surface area contributed by atoms with E-state index in [-0.39, 0.29) is 12.5 Å². The van der Waals surface area contributed by atoms with E-state index in [0.29, 0.717) is 27.6 Å². The van der Waals surface area contributed by atoms with Gasteiger partial charge in [0.25, 0.3) is 0 Å². The van der Waals surface area contributed by atoms with Crippen molar-refractivity contribution >= 4 is 49.7 Å². The highest BCUT2D eigenvalue weighted by molar-refractivity contribution is 7.91. The maximum absolute atomic E-state index is 12.7. The number of carbonyl (C=O) groups is 2. The first-order chi connectivity index (χ1) is 15.8. The lowest BCUT2D eigenvalue weighted by Crippen LogP contribution is -2.24. The van der Waals surface area contributed by atoms with Crippen LogP contribution in [0.5, 0.6) is 0 Å². The van der Waals surface area contributed by atoms with Crippen LogP contribution in [0.1, 0.15) is 40.6 Å². The summed E-state index contributed by atoms with van der Waals surface area (Å²) >= 11 is 7.13. The number of hydrogen-bond acceptors (Lipinski definition) is 9. The normalized spacial score (nSPS) is 13.4. The van der Waals surface area contributed by atoms with Crippen molar-refractivity contribution in [3.8, 4) is 11.5 Å². The molecule has 0 atom stereocenters. The molecule has 1 aliphatic rings. The number of fused-ring (bicyclic) bond motifs is 1. The molecule has 1 amide bonds. The van der Waals surface area contributed by atoms with Crippen LogP contribution < -0.4 is 5.32 Å². The number of aromatic nitrogens is 2. The van der Waals surface area contributed by atoms with Crippen LogP contribution >= 0.6 is 22.9 Å². The van der Waals surface area contributed by atoms with Crippen LogP contribution in [0.4, 0.5) is 5.00 Å². The zero-order chi connectivity index (χ0) is 23.6. The summed E-state index contributed by atoms with van der Waals surface area (Å²) in [6.45, 7) is 1.89. The second-order valence-corrected chi connectivity index (χ2v) is 10.7. The molecule has 1 aromatic carbocycles. The number of nitrogens with one attached hydrogen (secondary N) is 1. The van der Waals surface area contributed by atoms with Gasteiger partial charge < -0.3 is 14.5 Å². The smallest absolute Gasteiger partial charge is 0.341 e. The second-order valence-electron chi connectivity index (χ2n) is 7.32. The Kier molecular flexibility index (Phi) is 6.82.